The average molecular weight is 238 g/mol. The first kappa shape index (κ1) is 8.51. The number of hydrogen-bond donors (Lipinski definition) is 1. The molecule has 0 radical (unpaired) electrons. The highest BCUT2D eigenvalue weighted by atomic mass is 79.9. The fourth-order valence-electron chi connectivity index (χ4n) is 1.28. The van der Waals surface area contributed by atoms with Gasteiger partial charge in [0.1, 0.15) is 0 Å². The van der Waals surface area contributed by atoms with Gasteiger partial charge < -0.3 is 4.98 Å². The van der Waals surface area contributed by atoms with Crippen LogP contribution in [0.1, 0.15) is 5.56 Å². The van der Waals surface area contributed by atoms with Crippen molar-refractivity contribution in [3.63, 3.8) is 0 Å². The Bertz CT molecular complexity index is 516. The van der Waals surface area contributed by atoms with Crippen LogP contribution in [0.2, 0.25) is 0 Å². The molecule has 0 aliphatic rings. The number of aromatic nitrogens is 1. The van der Waals surface area contributed by atoms with Gasteiger partial charge in [-0.25, -0.2) is 0 Å². The molecule has 0 bridgehead atoms. The third-order valence-corrected chi connectivity index (χ3v) is 2.49. The van der Waals surface area contributed by atoms with E-state index in [-0.39, 0.29) is 5.56 Å². The number of aryl methyl sites for hydroxylation is 1. The maximum Gasteiger partial charge on any atom is 0.251 e. The van der Waals surface area contributed by atoms with Crippen LogP contribution in [0.15, 0.2) is 33.5 Å². The van der Waals surface area contributed by atoms with Crippen molar-refractivity contribution in [2.75, 3.05) is 0 Å². The Labute approximate surface area is 83.7 Å². The maximum atomic E-state index is 11.3. The van der Waals surface area contributed by atoms with Crippen LogP contribution in [0.5, 0.6) is 0 Å². The highest BCUT2D eigenvalue weighted by Gasteiger charge is 1.98. The van der Waals surface area contributed by atoms with E-state index in [9.17, 15) is 4.79 Å². The molecule has 1 N–H and O–H groups in total. The summed E-state index contributed by atoms with van der Waals surface area (Å²) in [7, 11) is 0. The van der Waals surface area contributed by atoms with Gasteiger partial charge in [0.25, 0.3) is 5.56 Å². The lowest BCUT2D eigenvalue weighted by molar-refractivity contribution is 1.23. The second-order valence-corrected chi connectivity index (χ2v) is 3.93. The van der Waals surface area contributed by atoms with E-state index in [1.165, 1.54) is 0 Å². The number of aromatic amines is 1. The molecule has 2 aromatic rings. The van der Waals surface area contributed by atoms with E-state index >= 15 is 0 Å². The minimum absolute atomic E-state index is 0.0226. The normalized spacial score (nSPS) is 10.6. The second-order valence-electron chi connectivity index (χ2n) is 3.01. The van der Waals surface area contributed by atoms with Crippen LogP contribution in [0, 0.1) is 6.92 Å². The summed E-state index contributed by atoms with van der Waals surface area (Å²) >= 11 is 3.35. The minimum Gasteiger partial charge on any atom is -0.322 e. The highest BCUT2D eigenvalue weighted by molar-refractivity contribution is 9.10. The molecule has 0 saturated carbocycles. The highest BCUT2D eigenvalue weighted by Crippen LogP contribution is 2.16. The molecule has 0 unspecified atom stereocenters. The summed E-state index contributed by atoms with van der Waals surface area (Å²) in [6.45, 7) is 1.81. The van der Waals surface area contributed by atoms with Gasteiger partial charge in [-0.15, -0.1) is 0 Å². The van der Waals surface area contributed by atoms with Crippen molar-refractivity contribution in [3.05, 3.63) is 44.7 Å². The molecule has 0 atom stereocenters. The van der Waals surface area contributed by atoms with Gasteiger partial charge >= 0.3 is 0 Å². The van der Waals surface area contributed by atoms with Crippen molar-refractivity contribution in [2.45, 2.75) is 6.92 Å². The number of fused-ring (bicyclic) bond motifs is 1. The zero-order valence-electron chi connectivity index (χ0n) is 7.10. The molecule has 13 heavy (non-hydrogen) atoms. The molecular formula is C10H8BrNO. The van der Waals surface area contributed by atoms with Crippen LogP contribution in [0.4, 0.5) is 0 Å². The van der Waals surface area contributed by atoms with Crippen molar-refractivity contribution >= 4 is 26.8 Å². The molecule has 3 heteroatoms. The van der Waals surface area contributed by atoms with E-state index in [1.807, 2.05) is 24.3 Å². The summed E-state index contributed by atoms with van der Waals surface area (Å²) in [6, 6.07) is 7.72. The molecule has 0 amide bonds. The molecule has 0 spiro atoms. The smallest absolute Gasteiger partial charge is 0.251 e. The van der Waals surface area contributed by atoms with Crippen molar-refractivity contribution in [2.24, 2.45) is 0 Å². The molecule has 66 valence electrons. The molecule has 0 saturated heterocycles. The van der Waals surface area contributed by atoms with Gasteiger partial charge in [-0.2, -0.15) is 0 Å². The predicted octanol–water partition coefficient (Wildman–Crippen LogP) is 2.60. The summed E-state index contributed by atoms with van der Waals surface area (Å²) < 4.78 is 0.972. The van der Waals surface area contributed by atoms with Crippen LogP contribution in [0.3, 0.4) is 0 Å². The molecule has 0 fully saturated rings. The van der Waals surface area contributed by atoms with Crippen molar-refractivity contribution < 1.29 is 0 Å². The second kappa shape index (κ2) is 3.00. The van der Waals surface area contributed by atoms with E-state index in [2.05, 4.69) is 20.9 Å². The third kappa shape index (κ3) is 1.52. The van der Waals surface area contributed by atoms with Crippen molar-refractivity contribution in [3.8, 4) is 0 Å². The summed E-state index contributed by atoms with van der Waals surface area (Å²) in [6.07, 6.45) is 0. The Morgan fingerprint density at radius 3 is 2.85 bits per heavy atom. The van der Waals surface area contributed by atoms with E-state index in [0.29, 0.717) is 0 Å². The number of H-pyrrole nitrogens is 1. The number of benzene rings is 1. The Morgan fingerprint density at radius 2 is 2.08 bits per heavy atom. The first-order valence-corrected chi connectivity index (χ1v) is 4.75. The zero-order chi connectivity index (χ0) is 9.42. The largest absolute Gasteiger partial charge is 0.322 e. The summed E-state index contributed by atoms with van der Waals surface area (Å²) in [5.74, 6) is 0. The molecule has 1 aromatic heterocycles. The molecule has 2 rings (SSSR count). The molecular weight excluding hydrogens is 230 g/mol. The molecule has 0 aliphatic heterocycles. The van der Waals surface area contributed by atoms with Gasteiger partial charge in [-0.3, -0.25) is 4.79 Å². The van der Waals surface area contributed by atoms with Gasteiger partial charge in [0, 0.05) is 15.6 Å². The monoisotopic (exact) mass is 237 g/mol. The number of nitrogens with one attached hydrogen (secondary N) is 1. The maximum absolute atomic E-state index is 11.3. The fraction of sp³-hybridized carbons (Fsp3) is 0.100. The van der Waals surface area contributed by atoms with E-state index < -0.39 is 0 Å². The quantitative estimate of drug-likeness (QED) is 0.751. The topological polar surface area (TPSA) is 32.9 Å². The standard InChI is InChI=1S/C10H8BrNO/c1-6-4-7-2-3-8(11)5-9(7)12-10(6)13/h2-5H,1H3,(H,12,13). The van der Waals surface area contributed by atoms with Gasteiger partial charge in [0.2, 0.25) is 0 Å². The Hall–Kier alpha value is -1.09. The predicted molar refractivity (Wildman–Crippen MR) is 57.0 cm³/mol. The SMILES string of the molecule is Cc1cc2ccc(Br)cc2[nH]c1=O. The van der Waals surface area contributed by atoms with Gasteiger partial charge in [-0.1, -0.05) is 22.0 Å². The zero-order valence-corrected chi connectivity index (χ0v) is 8.68. The van der Waals surface area contributed by atoms with Gasteiger partial charge in [0.05, 0.1) is 0 Å². The van der Waals surface area contributed by atoms with Crippen LogP contribution in [-0.2, 0) is 0 Å². The molecule has 0 aliphatic carbocycles. The minimum atomic E-state index is -0.0226. The fourth-order valence-corrected chi connectivity index (χ4v) is 1.64. The van der Waals surface area contributed by atoms with Crippen LogP contribution >= 0.6 is 15.9 Å². The average Bonchev–Trinajstić information content (AvgIpc) is 2.08. The molecule has 2 nitrogen and oxygen atoms in total. The van der Waals surface area contributed by atoms with E-state index in [0.717, 1.165) is 20.9 Å². The Balaban J connectivity index is 2.89. The van der Waals surface area contributed by atoms with E-state index in [4.69, 9.17) is 0 Å². The summed E-state index contributed by atoms with van der Waals surface area (Å²) in [5.41, 5.74) is 1.59. The van der Waals surface area contributed by atoms with Crippen LogP contribution in [-0.4, -0.2) is 4.98 Å². The number of rotatable bonds is 0. The first-order valence-electron chi connectivity index (χ1n) is 3.96. The van der Waals surface area contributed by atoms with E-state index in [1.54, 1.807) is 6.92 Å². The lowest BCUT2D eigenvalue weighted by Gasteiger charge is -1.99. The van der Waals surface area contributed by atoms with Crippen molar-refractivity contribution in [1.82, 2.24) is 4.98 Å². The van der Waals surface area contributed by atoms with Gasteiger partial charge in [0.15, 0.2) is 0 Å². The Kier molecular flexibility index (Phi) is 1.96. The third-order valence-electron chi connectivity index (χ3n) is 1.99. The molecule has 1 heterocycles. The lowest BCUT2D eigenvalue weighted by Crippen LogP contribution is -2.08. The van der Waals surface area contributed by atoms with Crippen molar-refractivity contribution in [1.29, 1.82) is 0 Å². The van der Waals surface area contributed by atoms with Gasteiger partial charge in [-0.05, 0) is 30.5 Å². The Morgan fingerprint density at radius 1 is 1.31 bits per heavy atom. The summed E-state index contributed by atoms with van der Waals surface area (Å²) in [5, 5.41) is 1.06. The number of hydrogen-bond acceptors (Lipinski definition) is 1. The lowest BCUT2D eigenvalue weighted by atomic mass is 10.2. The van der Waals surface area contributed by atoms with Crippen LogP contribution < -0.4 is 5.56 Å². The number of pyridine rings is 1. The number of halogens is 1. The molecule has 1 aromatic carbocycles. The first-order chi connectivity index (χ1) is 6.16. The summed E-state index contributed by atoms with van der Waals surface area (Å²) in [4.78, 5) is 14.1. The van der Waals surface area contributed by atoms with Crippen LogP contribution in [0.25, 0.3) is 10.9 Å².